The molecule has 0 aromatic rings. The van der Waals surface area contributed by atoms with Crippen molar-refractivity contribution in [2.75, 3.05) is 0 Å². The van der Waals surface area contributed by atoms with Crippen LogP contribution in [0, 0.1) is 0 Å². The maximum absolute atomic E-state index is 5.19. The van der Waals surface area contributed by atoms with Gasteiger partial charge in [-0.25, -0.2) is 0 Å². The smallest absolute Gasteiger partial charge is 0.102 e. The van der Waals surface area contributed by atoms with Gasteiger partial charge in [-0.3, -0.25) is 0 Å². The van der Waals surface area contributed by atoms with Crippen LogP contribution < -0.4 is 0 Å². The second-order valence-electron chi connectivity index (χ2n) is 2.14. The van der Waals surface area contributed by atoms with Crippen LogP contribution in [0.4, 0.5) is 0 Å². The normalized spacial score (nSPS) is 40.0. The van der Waals surface area contributed by atoms with Crippen LogP contribution in [0.3, 0.4) is 0 Å². The minimum Gasteiger partial charge on any atom is -0.412 e. The van der Waals surface area contributed by atoms with E-state index in [0.29, 0.717) is 12.2 Å². The minimum absolute atomic E-state index is 0. The number of epoxide rings is 1. The third-order valence-electron chi connectivity index (χ3n) is 1.57. The zero-order chi connectivity index (χ0) is 4.69. The van der Waals surface area contributed by atoms with E-state index in [0.717, 1.165) is 0 Å². The number of hydrogen-bond donors (Lipinski definition) is 0. The fraction of sp³-hybridized carbons (Fsp3) is 0.667. The van der Waals surface area contributed by atoms with Crippen molar-refractivity contribution in [1.82, 2.24) is 0 Å². The van der Waals surface area contributed by atoms with Crippen molar-refractivity contribution in [2.45, 2.75) is 25.0 Å². The molecule has 1 aliphatic carbocycles. The maximum atomic E-state index is 5.19. The van der Waals surface area contributed by atoms with E-state index in [1.54, 1.807) is 0 Å². The van der Waals surface area contributed by atoms with Gasteiger partial charge >= 0.3 is 0 Å². The van der Waals surface area contributed by atoms with Crippen molar-refractivity contribution in [3.8, 4) is 0 Å². The summed E-state index contributed by atoms with van der Waals surface area (Å²) >= 11 is 0. The zero-order valence-electron chi connectivity index (χ0n) is 4.63. The summed E-state index contributed by atoms with van der Waals surface area (Å²) in [5, 5.41) is 0. The van der Waals surface area contributed by atoms with E-state index in [1.165, 1.54) is 12.8 Å². The van der Waals surface area contributed by atoms with E-state index < -0.39 is 0 Å². The van der Waals surface area contributed by atoms with Crippen LogP contribution in [0.5, 0.6) is 0 Å². The predicted octanol–water partition coefficient (Wildman–Crippen LogP) is 0.279. The third-order valence-corrected chi connectivity index (χ3v) is 1.57. The highest BCUT2D eigenvalue weighted by atomic mass is 16.6. The van der Waals surface area contributed by atoms with Gasteiger partial charge in [-0.15, -0.1) is 0 Å². The highest BCUT2D eigenvalue weighted by molar-refractivity contribution is 5.07. The number of allylic oxidation sites excluding steroid dienone is 1. The van der Waals surface area contributed by atoms with Gasteiger partial charge in [-0.1, -0.05) is 12.2 Å². The SMILES string of the molecule is C1=CC2OC2CC1.O. The standard InChI is InChI=1S/C6H8O.H2O/c1-2-4-6-5(3-1)7-6;/h1,3,5-6H,2,4H2;1H2. The Morgan fingerprint density at radius 2 is 2.38 bits per heavy atom. The van der Waals surface area contributed by atoms with Crippen LogP contribution >= 0.6 is 0 Å². The molecule has 0 radical (unpaired) electrons. The van der Waals surface area contributed by atoms with E-state index in [1.807, 2.05) is 0 Å². The predicted molar refractivity (Wildman–Crippen MR) is 30.6 cm³/mol. The molecule has 2 atom stereocenters. The lowest BCUT2D eigenvalue weighted by Gasteiger charge is -1.91. The van der Waals surface area contributed by atoms with E-state index in [4.69, 9.17) is 4.74 Å². The maximum Gasteiger partial charge on any atom is 0.102 e. The Kier molecular flexibility index (Phi) is 1.36. The topological polar surface area (TPSA) is 44.0 Å². The van der Waals surface area contributed by atoms with Crippen LogP contribution in [-0.2, 0) is 4.74 Å². The second-order valence-corrected chi connectivity index (χ2v) is 2.14. The number of ether oxygens (including phenoxy) is 1. The molecule has 1 fully saturated rings. The van der Waals surface area contributed by atoms with Crippen molar-refractivity contribution in [3.63, 3.8) is 0 Å². The molecule has 2 heteroatoms. The molecule has 2 aliphatic rings. The van der Waals surface area contributed by atoms with Crippen molar-refractivity contribution in [1.29, 1.82) is 0 Å². The molecule has 2 N–H and O–H groups in total. The molecular formula is C6H10O2. The van der Waals surface area contributed by atoms with E-state index >= 15 is 0 Å². The summed E-state index contributed by atoms with van der Waals surface area (Å²) in [6.45, 7) is 0. The Balaban J connectivity index is 0.000000320. The van der Waals surface area contributed by atoms with E-state index in [2.05, 4.69) is 12.2 Å². The summed E-state index contributed by atoms with van der Waals surface area (Å²) in [6, 6.07) is 0. The second kappa shape index (κ2) is 1.88. The Morgan fingerprint density at radius 3 is 2.88 bits per heavy atom. The van der Waals surface area contributed by atoms with Crippen molar-refractivity contribution >= 4 is 0 Å². The summed E-state index contributed by atoms with van der Waals surface area (Å²) in [5.74, 6) is 0. The lowest BCUT2D eigenvalue weighted by molar-refractivity contribution is 0.385. The van der Waals surface area contributed by atoms with Crippen molar-refractivity contribution < 1.29 is 10.2 Å². The first-order valence-corrected chi connectivity index (χ1v) is 2.79. The fourth-order valence-corrected chi connectivity index (χ4v) is 1.05. The first-order chi connectivity index (χ1) is 3.47. The van der Waals surface area contributed by atoms with Crippen LogP contribution in [0.1, 0.15) is 12.8 Å². The lowest BCUT2D eigenvalue weighted by Crippen LogP contribution is -1.93. The van der Waals surface area contributed by atoms with Gasteiger partial charge in [0.25, 0.3) is 0 Å². The molecule has 0 saturated carbocycles. The average molecular weight is 114 g/mol. The summed E-state index contributed by atoms with van der Waals surface area (Å²) in [4.78, 5) is 0. The van der Waals surface area contributed by atoms with Gasteiger partial charge < -0.3 is 10.2 Å². The molecule has 0 bridgehead atoms. The molecule has 1 heterocycles. The highest BCUT2D eigenvalue weighted by Gasteiger charge is 2.37. The number of fused-ring (bicyclic) bond motifs is 1. The van der Waals surface area contributed by atoms with Gasteiger partial charge in [0.2, 0.25) is 0 Å². The molecule has 2 nitrogen and oxygen atoms in total. The minimum atomic E-state index is 0. The molecule has 1 aliphatic heterocycles. The molecular weight excluding hydrogens is 104 g/mol. The molecule has 2 rings (SSSR count). The highest BCUT2D eigenvalue weighted by Crippen LogP contribution is 2.31. The quantitative estimate of drug-likeness (QED) is 0.329. The van der Waals surface area contributed by atoms with Crippen molar-refractivity contribution in [2.24, 2.45) is 0 Å². The molecule has 0 spiro atoms. The Hall–Kier alpha value is -0.340. The van der Waals surface area contributed by atoms with E-state index in [-0.39, 0.29) is 5.48 Å². The number of rotatable bonds is 0. The van der Waals surface area contributed by atoms with Gasteiger partial charge in [0.15, 0.2) is 0 Å². The lowest BCUT2D eigenvalue weighted by atomic mass is 10.1. The molecule has 1 saturated heterocycles. The van der Waals surface area contributed by atoms with Gasteiger partial charge in [-0.05, 0) is 12.8 Å². The van der Waals surface area contributed by atoms with Gasteiger partial charge in [-0.2, -0.15) is 0 Å². The number of hydrogen-bond acceptors (Lipinski definition) is 1. The Morgan fingerprint density at radius 1 is 1.50 bits per heavy atom. The van der Waals surface area contributed by atoms with Gasteiger partial charge in [0.1, 0.15) is 6.10 Å². The largest absolute Gasteiger partial charge is 0.412 e. The molecule has 2 unspecified atom stereocenters. The summed E-state index contributed by atoms with van der Waals surface area (Å²) in [6.07, 6.45) is 7.98. The summed E-state index contributed by atoms with van der Waals surface area (Å²) in [5.41, 5.74) is 0. The Labute approximate surface area is 48.5 Å². The third kappa shape index (κ3) is 0.767. The monoisotopic (exact) mass is 114 g/mol. The van der Waals surface area contributed by atoms with Crippen molar-refractivity contribution in [3.05, 3.63) is 12.2 Å². The first kappa shape index (κ1) is 5.79. The van der Waals surface area contributed by atoms with Crippen LogP contribution in [0.25, 0.3) is 0 Å². The Bertz CT molecular complexity index is 109. The fourth-order valence-electron chi connectivity index (χ4n) is 1.05. The van der Waals surface area contributed by atoms with Crippen LogP contribution in [0.15, 0.2) is 12.2 Å². The van der Waals surface area contributed by atoms with Gasteiger partial charge in [0.05, 0.1) is 6.10 Å². The molecule has 0 aromatic carbocycles. The zero-order valence-corrected chi connectivity index (χ0v) is 4.63. The molecule has 8 heavy (non-hydrogen) atoms. The van der Waals surface area contributed by atoms with Crippen LogP contribution in [0.2, 0.25) is 0 Å². The first-order valence-electron chi connectivity index (χ1n) is 2.79. The summed E-state index contributed by atoms with van der Waals surface area (Å²) < 4.78 is 5.19. The average Bonchev–Trinajstić information content (AvgIpc) is 2.41. The summed E-state index contributed by atoms with van der Waals surface area (Å²) in [7, 11) is 0. The molecule has 0 aromatic heterocycles. The van der Waals surface area contributed by atoms with Crippen LogP contribution in [-0.4, -0.2) is 17.7 Å². The molecule has 0 amide bonds. The van der Waals surface area contributed by atoms with Gasteiger partial charge in [0, 0.05) is 0 Å². The molecule has 46 valence electrons. The van der Waals surface area contributed by atoms with E-state index in [9.17, 15) is 0 Å².